The van der Waals surface area contributed by atoms with Gasteiger partial charge in [-0.25, -0.2) is 0 Å². The van der Waals surface area contributed by atoms with Gasteiger partial charge in [0.25, 0.3) is 0 Å². The maximum absolute atomic E-state index is 9.47. The Morgan fingerprint density at radius 3 is 2.61 bits per heavy atom. The highest BCUT2D eigenvalue weighted by molar-refractivity contribution is 6.35. The summed E-state index contributed by atoms with van der Waals surface area (Å²) in [5.41, 5.74) is 5.17. The minimum absolute atomic E-state index is 0.362. The lowest BCUT2D eigenvalue weighted by molar-refractivity contribution is 0.227. The van der Waals surface area contributed by atoms with Crippen molar-refractivity contribution in [1.29, 1.82) is 5.26 Å². The third-order valence-corrected chi connectivity index (χ3v) is 6.15. The van der Waals surface area contributed by atoms with Gasteiger partial charge in [-0.05, 0) is 67.6 Å². The van der Waals surface area contributed by atoms with Crippen LogP contribution in [0.25, 0.3) is 22.2 Å². The Morgan fingerprint density at radius 1 is 1.13 bits per heavy atom. The molecule has 1 aliphatic carbocycles. The van der Waals surface area contributed by atoms with Crippen LogP contribution in [0.5, 0.6) is 5.75 Å². The summed E-state index contributed by atoms with van der Waals surface area (Å²) >= 11 is 12.6. The summed E-state index contributed by atoms with van der Waals surface area (Å²) < 4.78 is 6.16. The van der Waals surface area contributed by atoms with E-state index in [1.807, 2.05) is 37.3 Å². The van der Waals surface area contributed by atoms with Crippen LogP contribution in [0.2, 0.25) is 10.0 Å². The molecular weight excluding hydrogens is 431 g/mol. The lowest BCUT2D eigenvalue weighted by Crippen LogP contribution is -2.05. The van der Waals surface area contributed by atoms with E-state index >= 15 is 0 Å². The van der Waals surface area contributed by atoms with Crippen molar-refractivity contribution in [3.05, 3.63) is 75.5 Å². The molecule has 1 N–H and O–H groups in total. The second kappa shape index (κ2) is 7.88. The predicted octanol–water partition coefficient (Wildman–Crippen LogP) is 6.82. The number of hydrogen-bond acceptors (Lipinski definition) is 4. The molecule has 0 saturated heterocycles. The lowest BCUT2D eigenvalue weighted by atomic mass is 9.99. The zero-order chi connectivity index (χ0) is 21.5. The molecule has 2 heterocycles. The number of pyridine rings is 1. The Bertz CT molecular complexity index is 1320. The fourth-order valence-corrected chi connectivity index (χ4v) is 4.54. The molecule has 154 valence electrons. The fraction of sp³-hybridized carbons (Fsp3) is 0.208. The van der Waals surface area contributed by atoms with Gasteiger partial charge in [0.2, 0.25) is 0 Å². The van der Waals surface area contributed by atoms with Gasteiger partial charge in [-0.15, -0.1) is 0 Å². The molecule has 0 radical (unpaired) electrons. The third-order valence-electron chi connectivity index (χ3n) is 5.55. The second-order valence-electron chi connectivity index (χ2n) is 7.79. The van der Waals surface area contributed by atoms with Gasteiger partial charge < -0.3 is 4.74 Å². The minimum atomic E-state index is -0.362. The number of rotatable bonds is 5. The molecule has 0 amide bonds. The third kappa shape index (κ3) is 3.85. The van der Waals surface area contributed by atoms with E-state index in [2.05, 4.69) is 27.3 Å². The van der Waals surface area contributed by atoms with Gasteiger partial charge in [-0.1, -0.05) is 23.2 Å². The van der Waals surface area contributed by atoms with Gasteiger partial charge in [-0.3, -0.25) is 10.1 Å². The van der Waals surface area contributed by atoms with E-state index in [9.17, 15) is 5.26 Å². The number of halogens is 2. The molecule has 1 fully saturated rings. The van der Waals surface area contributed by atoms with Gasteiger partial charge >= 0.3 is 0 Å². The summed E-state index contributed by atoms with van der Waals surface area (Å²) in [6, 6.07) is 14.0. The van der Waals surface area contributed by atoms with Crippen LogP contribution in [0, 0.1) is 11.3 Å². The Morgan fingerprint density at radius 2 is 1.90 bits per heavy atom. The van der Waals surface area contributed by atoms with Crippen molar-refractivity contribution in [2.75, 3.05) is 0 Å². The first-order chi connectivity index (χ1) is 15.0. The highest BCUT2D eigenvalue weighted by Crippen LogP contribution is 2.42. The zero-order valence-electron chi connectivity index (χ0n) is 16.7. The van der Waals surface area contributed by atoms with Crippen LogP contribution in [-0.2, 0) is 0 Å². The van der Waals surface area contributed by atoms with Crippen molar-refractivity contribution in [2.24, 2.45) is 0 Å². The van der Waals surface area contributed by atoms with Gasteiger partial charge in [0.15, 0.2) is 0 Å². The van der Waals surface area contributed by atoms with E-state index in [-0.39, 0.29) is 6.10 Å². The number of nitriles is 1. The van der Waals surface area contributed by atoms with Crippen molar-refractivity contribution in [2.45, 2.75) is 31.8 Å². The molecule has 5 nitrogen and oxygen atoms in total. The van der Waals surface area contributed by atoms with Gasteiger partial charge in [-0.2, -0.15) is 10.4 Å². The quantitative estimate of drug-likeness (QED) is 0.363. The van der Waals surface area contributed by atoms with E-state index in [1.54, 1.807) is 12.4 Å². The van der Waals surface area contributed by atoms with E-state index in [1.165, 1.54) is 18.4 Å². The molecule has 1 aliphatic rings. The summed E-state index contributed by atoms with van der Waals surface area (Å²) in [7, 11) is 0. The molecular formula is C24H18Cl2N4O. The first-order valence-electron chi connectivity index (χ1n) is 10.0. The predicted molar refractivity (Wildman–Crippen MR) is 122 cm³/mol. The first-order valence-corrected chi connectivity index (χ1v) is 10.8. The second-order valence-corrected chi connectivity index (χ2v) is 8.60. The van der Waals surface area contributed by atoms with Crippen molar-refractivity contribution >= 4 is 34.1 Å². The molecule has 1 atom stereocenters. The number of nitrogens with one attached hydrogen (secondary N) is 1. The topological polar surface area (TPSA) is 74.6 Å². The van der Waals surface area contributed by atoms with Crippen LogP contribution >= 0.6 is 23.2 Å². The number of H-pyrrole nitrogens is 1. The highest BCUT2D eigenvalue weighted by atomic mass is 35.5. The molecule has 31 heavy (non-hydrogen) atoms. The normalized spacial score (nSPS) is 14.4. The summed E-state index contributed by atoms with van der Waals surface area (Å²) in [6.45, 7) is 1.89. The SMILES string of the molecule is C[C@@H](Oc1ccc2[nH]nc(-c3cc(C#N)cc(C4CC4)c3)c2c1)c1c(Cl)cncc1Cl. The molecule has 4 aromatic rings. The molecule has 5 rings (SSSR count). The van der Waals surface area contributed by atoms with E-state index in [0.717, 1.165) is 22.2 Å². The van der Waals surface area contributed by atoms with Crippen molar-refractivity contribution in [3.63, 3.8) is 0 Å². The van der Waals surface area contributed by atoms with Crippen LogP contribution in [0.3, 0.4) is 0 Å². The van der Waals surface area contributed by atoms with Crippen LogP contribution in [0.4, 0.5) is 0 Å². The monoisotopic (exact) mass is 448 g/mol. The molecule has 2 aromatic heterocycles. The number of hydrogen-bond donors (Lipinski definition) is 1. The minimum Gasteiger partial charge on any atom is -0.486 e. The maximum atomic E-state index is 9.47. The summed E-state index contributed by atoms with van der Waals surface area (Å²) in [4.78, 5) is 4.00. The van der Waals surface area contributed by atoms with Gasteiger partial charge in [0.1, 0.15) is 17.5 Å². The Labute approximate surface area is 189 Å². The number of aromatic amines is 1. The Kier molecular flexibility index (Phi) is 5.05. The lowest BCUT2D eigenvalue weighted by Gasteiger charge is -2.17. The Hall–Kier alpha value is -3.07. The van der Waals surface area contributed by atoms with Crippen LogP contribution in [-0.4, -0.2) is 15.2 Å². The molecule has 0 spiro atoms. The van der Waals surface area contributed by atoms with Crippen molar-refractivity contribution in [3.8, 4) is 23.1 Å². The number of benzene rings is 2. The average Bonchev–Trinajstić information content (AvgIpc) is 3.53. The average molecular weight is 449 g/mol. The Balaban J connectivity index is 1.52. The highest BCUT2D eigenvalue weighted by Gasteiger charge is 2.25. The smallest absolute Gasteiger partial charge is 0.124 e. The van der Waals surface area contributed by atoms with Crippen LogP contribution < -0.4 is 4.74 Å². The molecule has 7 heteroatoms. The van der Waals surface area contributed by atoms with Crippen molar-refractivity contribution < 1.29 is 4.74 Å². The standard InChI is InChI=1S/C24H18Cl2N4O/c1-13(23-20(25)11-28-12-21(23)26)31-18-4-5-22-19(9-18)24(30-29-22)17-7-14(10-27)6-16(8-17)15-2-3-15/h4-9,11-13,15H,2-3H2,1H3,(H,29,30)/t13-/m1/s1. The van der Waals surface area contributed by atoms with Gasteiger partial charge in [0, 0.05) is 28.9 Å². The maximum Gasteiger partial charge on any atom is 0.124 e. The van der Waals surface area contributed by atoms with Crippen molar-refractivity contribution in [1.82, 2.24) is 15.2 Å². The molecule has 2 aromatic carbocycles. The van der Waals surface area contributed by atoms with E-state index < -0.39 is 0 Å². The summed E-state index contributed by atoms with van der Waals surface area (Å²) in [5.74, 6) is 1.22. The van der Waals surface area contributed by atoms with Crippen LogP contribution in [0.1, 0.15) is 48.5 Å². The molecule has 1 saturated carbocycles. The van der Waals surface area contributed by atoms with Gasteiger partial charge in [0.05, 0.1) is 27.2 Å². The van der Waals surface area contributed by atoms with E-state index in [4.69, 9.17) is 27.9 Å². The number of aromatic nitrogens is 3. The number of nitrogens with zero attached hydrogens (tertiary/aromatic N) is 3. The van der Waals surface area contributed by atoms with E-state index in [0.29, 0.717) is 32.8 Å². The molecule has 0 bridgehead atoms. The zero-order valence-corrected chi connectivity index (χ0v) is 18.2. The molecule has 0 unspecified atom stereocenters. The fourth-order valence-electron chi connectivity index (χ4n) is 3.86. The van der Waals surface area contributed by atoms with Crippen LogP contribution in [0.15, 0.2) is 48.8 Å². The summed E-state index contributed by atoms with van der Waals surface area (Å²) in [6.07, 6.45) is 5.09. The number of fused-ring (bicyclic) bond motifs is 1. The summed E-state index contributed by atoms with van der Waals surface area (Å²) in [5, 5.41) is 18.9. The molecule has 0 aliphatic heterocycles. The largest absolute Gasteiger partial charge is 0.486 e. The number of ether oxygens (including phenoxy) is 1. The first kappa shape index (κ1) is 19.9.